The zero-order valence-electron chi connectivity index (χ0n) is 12.1. The fourth-order valence-corrected chi connectivity index (χ4v) is 4.49. The molecule has 0 saturated carbocycles. The van der Waals surface area contributed by atoms with Gasteiger partial charge in [0.1, 0.15) is 5.75 Å². The van der Waals surface area contributed by atoms with Crippen LogP contribution in [0, 0.1) is 0 Å². The van der Waals surface area contributed by atoms with Crippen LogP contribution in [0.3, 0.4) is 0 Å². The van der Waals surface area contributed by atoms with Gasteiger partial charge in [0, 0.05) is 23.0 Å². The van der Waals surface area contributed by atoms with Gasteiger partial charge in [0.15, 0.2) is 0 Å². The number of hydrogen-bond donors (Lipinski definition) is 2. The van der Waals surface area contributed by atoms with Crippen molar-refractivity contribution in [1.82, 2.24) is 5.32 Å². The van der Waals surface area contributed by atoms with Crippen LogP contribution in [-0.2, 0) is 13.0 Å². The first kappa shape index (κ1) is 16.0. The van der Waals surface area contributed by atoms with Crippen molar-refractivity contribution in [2.24, 2.45) is 0 Å². The molecule has 0 unspecified atom stereocenters. The van der Waals surface area contributed by atoms with Crippen molar-refractivity contribution in [3.05, 3.63) is 62.0 Å². The monoisotopic (exact) mass is 425 g/mol. The van der Waals surface area contributed by atoms with Crippen molar-refractivity contribution in [1.29, 1.82) is 0 Å². The summed E-state index contributed by atoms with van der Waals surface area (Å²) in [5.74, 6) is 0.816. The van der Waals surface area contributed by atoms with E-state index >= 15 is 0 Å². The van der Waals surface area contributed by atoms with Crippen LogP contribution in [0.4, 0.5) is 0 Å². The van der Waals surface area contributed by atoms with Gasteiger partial charge in [-0.2, -0.15) is 0 Å². The molecular formula is C17H17Br2NO2. The second kappa shape index (κ2) is 6.71. The molecule has 1 aliphatic rings. The van der Waals surface area contributed by atoms with Gasteiger partial charge in [-0.3, -0.25) is 0 Å². The van der Waals surface area contributed by atoms with Crippen LogP contribution < -0.4 is 10.1 Å². The van der Waals surface area contributed by atoms with Crippen molar-refractivity contribution in [3.8, 4) is 5.75 Å². The maximum atomic E-state index is 10.3. The van der Waals surface area contributed by atoms with Crippen molar-refractivity contribution >= 4 is 31.9 Å². The molecule has 2 aromatic rings. The highest BCUT2D eigenvalue weighted by Gasteiger charge is 2.30. The predicted molar refractivity (Wildman–Crippen MR) is 94.1 cm³/mol. The Morgan fingerprint density at radius 2 is 2.05 bits per heavy atom. The molecule has 3 rings (SSSR count). The summed E-state index contributed by atoms with van der Waals surface area (Å²) in [5, 5.41) is 13.8. The molecule has 0 bridgehead atoms. The minimum absolute atomic E-state index is 0.0429. The topological polar surface area (TPSA) is 41.5 Å². The lowest BCUT2D eigenvalue weighted by atomic mass is 10.1. The average Bonchev–Trinajstić information content (AvgIpc) is 2.80. The molecular weight excluding hydrogens is 410 g/mol. The summed E-state index contributed by atoms with van der Waals surface area (Å²) in [6.07, 6.45) is 0.312. The maximum absolute atomic E-state index is 10.3. The molecule has 0 saturated heterocycles. The van der Waals surface area contributed by atoms with Crippen LogP contribution >= 0.6 is 31.9 Å². The molecule has 0 heterocycles. The smallest absolute Gasteiger partial charge is 0.137 e. The summed E-state index contributed by atoms with van der Waals surface area (Å²) >= 11 is 7.02. The zero-order chi connectivity index (χ0) is 15.7. The first-order valence-electron chi connectivity index (χ1n) is 7.11. The molecule has 1 aliphatic carbocycles. The second-order valence-corrected chi connectivity index (χ2v) is 7.18. The molecule has 3 nitrogen and oxygen atoms in total. The third-order valence-electron chi connectivity index (χ3n) is 4.01. The molecule has 22 heavy (non-hydrogen) atoms. The van der Waals surface area contributed by atoms with Gasteiger partial charge in [-0.05, 0) is 39.2 Å². The normalized spacial score (nSPS) is 20.0. The lowest BCUT2D eigenvalue weighted by Gasteiger charge is -2.19. The first-order valence-corrected chi connectivity index (χ1v) is 8.70. The summed E-state index contributed by atoms with van der Waals surface area (Å²) < 4.78 is 7.37. The van der Waals surface area contributed by atoms with Gasteiger partial charge in [0.25, 0.3) is 0 Å². The largest absolute Gasteiger partial charge is 0.495 e. The number of fused-ring (bicyclic) bond motifs is 1. The van der Waals surface area contributed by atoms with Crippen LogP contribution in [0.25, 0.3) is 0 Å². The van der Waals surface area contributed by atoms with E-state index in [1.165, 1.54) is 11.1 Å². The van der Waals surface area contributed by atoms with Crippen molar-refractivity contribution in [2.45, 2.75) is 25.1 Å². The van der Waals surface area contributed by atoms with E-state index < -0.39 is 0 Å². The van der Waals surface area contributed by atoms with Gasteiger partial charge in [0.05, 0.1) is 23.7 Å². The Bertz CT molecular complexity index is 690. The fourth-order valence-electron chi connectivity index (χ4n) is 3.01. The van der Waals surface area contributed by atoms with Gasteiger partial charge in [-0.15, -0.1) is 0 Å². The number of ether oxygens (including phenoxy) is 1. The predicted octanol–water partition coefficient (Wildman–Crippen LogP) is 3.97. The van der Waals surface area contributed by atoms with E-state index in [1.54, 1.807) is 7.11 Å². The summed E-state index contributed by atoms with van der Waals surface area (Å²) in [6.45, 7) is 0.622. The molecule has 2 N–H and O–H groups in total. The Kier molecular flexibility index (Phi) is 4.88. The summed E-state index contributed by atoms with van der Waals surface area (Å²) in [4.78, 5) is 0. The Hall–Kier alpha value is -0.880. The van der Waals surface area contributed by atoms with E-state index in [2.05, 4.69) is 49.3 Å². The number of benzene rings is 2. The molecule has 2 atom stereocenters. The van der Waals surface area contributed by atoms with Crippen molar-refractivity contribution in [3.63, 3.8) is 0 Å². The fraction of sp³-hybridized carbons (Fsp3) is 0.294. The molecule has 2 aromatic carbocycles. The number of nitrogens with one attached hydrogen (secondary N) is 1. The van der Waals surface area contributed by atoms with Gasteiger partial charge >= 0.3 is 0 Å². The average molecular weight is 427 g/mol. The van der Waals surface area contributed by atoms with E-state index in [9.17, 15) is 5.11 Å². The van der Waals surface area contributed by atoms with Crippen LogP contribution in [-0.4, -0.2) is 18.3 Å². The van der Waals surface area contributed by atoms with Gasteiger partial charge in [-0.25, -0.2) is 0 Å². The molecule has 0 aliphatic heterocycles. The third-order valence-corrected chi connectivity index (χ3v) is 5.05. The van der Waals surface area contributed by atoms with Crippen LogP contribution in [0.2, 0.25) is 0 Å². The van der Waals surface area contributed by atoms with Crippen LogP contribution in [0.15, 0.2) is 45.3 Å². The summed E-state index contributed by atoms with van der Waals surface area (Å²) in [7, 11) is 1.66. The number of hydrogen-bond acceptors (Lipinski definition) is 3. The lowest BCUT2D eigenvalue weighted by Crippen LogP contribution is -2.28. The highest BCUT2D eigenvalue weighted by molar-refractivity contribution is 9.11. The van der Waals surface area contributed by atoms with E-state index in [0.717, 1.165) is 20.3 Å². The highest BCUT2D eigenvalue weighted by atomic mass is 79.9. The summed E-state index contributed by atoms with van der Waals surface area (Å²) in [5.41, 5.74) is 3.44. The SMILES string of the molecule is COc1c(Br)cc(Br)cc1CN[C@@H]1c2ccccc2C[C@@H]1O. The van der Waals surface area contributed by atoms with Crippen molar-refractivity contribution in [2.75, 3.05) is 7.11 Å². The Morgan fingerprint density at radius 1 is 1.27 bits per heavy atom. The number of aliphatic hydroxyl groups is 1. The molecule has 0 fully saturated rings. The minimum Gasteiger partial charge on any atom is -0.495 e. The number of methoxy groups -OCH3 is 1. The minimum atomic E-state index is -0.390. The number of rotatable bonds is 4. The van der Waals surface area contributed by atoms with E-state index in [4.69, 9.17) is 4.74 Å². The van der Waals surface area contributed by atoms with Gasteiger partial charge < -0.3 is 15.2 Å². The first-order chi connectivity index (χ1) is 10.6. The highest BCUT2D eigenvalue weighted by Crippen LogP contribution is 2.35. The lowest BCUT2D eigenvalue weighted by molar-refractivity contribution is 0.140. The van der Waals surface area contributed by atoms with Crippen LogP contribution in [0.1, 0.15) is 22.7 Å². The standard InChI is InChI=1S/C17H17Br2NO2/c1-22-17-11(6-12(18)8-14(17)19)9-20-16-13-5-3-2-4-10(13)7-15(16)21/h2-6,8,15-16,20-21H,7,9H2,1H3/t15-,16+/m0/s1. The van der Waals surface area contributed by atoms with Gasteiger partial charge in [-0.1, -0.05) is 40.2 Å². The van der Waals surface area contributed by atoms with E-state index in [-0.39, 0.29) is 12.1 Å². The Labute approximate surface area is 147 Å². The molecule has 0 spiro atoms. The Balaban J connectivity index is 1.81. The van der Waals surface area contributed by atoms with E-state index in [1.807, 2.05) is 24.3 Å². The van der Waals surface area contributed by atoms with Crippen molar-refractivity contribution < 1.29 is 9.84 Å². The molecule has 0 radical (unpaired) electrons. The molecule has 0 amide bonds. The van der Waals surface area contributed by atoms with Crippen LogP contribution in [0.5, 0.6) is 5.75 Å². The quantitative estimate of drug-likeness (QED) is 0.777. The second-order valence-electron chi connectivity index (χ2n) is 5.41. The zero-order valence-corrected chi connectivity index (χ0v) is 15.3. The number of aliphatic hydroxyl groups excluding tert-OH is 1. The molecule has 0 aromatic heterocycles. The summed E-state index contributed by atoms with van der Waals surface area (Å²) in [6, 6.07) is 12.1. The molecule has 5 heteroatoms. The maximum Gasteiger partial charge on any atom is 0.137 e. The Morgan fingerprint density at radius 3 is 2.82 bits per heavy atom. The van der Waals surface area contributed by atoms with E-state index in [0.29, 0.717) is 13.0 Å². The third kappa shape index (κ3) is 3.08. The molecule has 116 valence electrons. The van der Waals surface area contributed by atoms with Gasteiger partial charge in [0.2, 0.25) is 0 Å². The number of halogens is 2.